The standard InChI is InChI=1S/C26H33N3O3/c1-26(2,3)17-32-23(30)16-18-12-14-29(15-13-18)25(31)22-10-6-20(7-11-22)19-4-8-21(9-5-19)24(27)28/h4-11,18H,12-17H2,1-3H3,(H3,27,28). The van der Waals surface area contributed by atoms with E-state index in [2.05, 4.69) is 0 Å². The molecule has 0 radical (unpaired) electrons. The van der Waals surface area contributed by atoms with E-state index in [1.165, 1.54) is 0 Å². The number of carbonyl (C=O) groups excluding carboxylic acids is 2. The van der Waals surface area contributed by atoms with Gasteiger partial charge in [0.1, 0.15) is 5.84 Å². The van der Waals surface area contributed by atoms with Gasteiger partial charge in [-0.15, -0.1) is 0 Å². The minimum atomic E-state index is -0.142. The lowest BCUT2D eigenvalue weighted by atomic mass is 9.93. The highest BCUT2D eigenvalue weighted by molar-refractivity contribution is 5.96. The zero-order valence-electron chi connectivity index (χ0n) is 19.2. The first-order valence-electron chi connectivity index (χ1n) is 11.1. The van der Waals surface area contributed by atoms with E-state index in [-0.39, 0.29) is 29.0 Å². The molecule has 0 saturated carbocycles. The Kier molecular flexibility index (Phi) is 7.33. The van der Waals surface area contributed by atoms with Crippen LogP contribution in [0.5, 0.6) is 0 Å². The van der Waals surface area contributed by atoms with Crippen LogP contribution in [-0.2, 0) is 9.53 Å². The zero-order valence-corrected chi connectivity index (χ0v) is 19.2. The van der Waals surface area contributed by atoms with Crippen LogP contribution in [0, 0.1) is 16.7 Å². The Bertz CT molecular complexity index is 951. The summed E-state index contributed by atoms with van der Waals surface area (Å²) >= 11 is 0. The first kappa shape index (κ1) is 23.5. The third kappa shape index (κ3) is 6.42. The van der Waals surface area contributed by atoms with Crippen LogP contribution in [0.4, 0.5) is 0 Å². The van der Waals surface area contributed by atoms with Crippen LogP contribution in [0.2, 0.25) is 0 Å². The number of ether oxygens (including phenoxy) is 1. The summed E-state index contributed by atoms with van der Waals surface area (Å²) in [5.41, 5.74) is 8.84. The van der Waals surface area contributed by atoms with E-state index in [0.29, 0.717) is 37.2 Å². The summed E-state index contributed by atoms with van der Waals surface area (Å²) in [5.74, 6) is 0.198. The summed E-state index contributed by atoms with van der Waals surface area (Å²) in [6.45, 7) is 7.87. The van der Waals surface area contributed by atoms with Crippen LogP contribution in [0.3, 0.4) is 0 Å². The van der Waals surface area contributed by atoms with Gasteiger partial charge >= 0.3 is 5.97 Å². The van der Waals surface area contributed by atoms with Gasteiger partial charge in [0.2, 0.25) is 0 Å². The number of likely N-dealkylation sites (tertiary alicyclic amines) is 1. The summed E-state index contributed by atoms with van der Waals surface area (Å²) in [4.78, 5) is 26.9. The molecule has 1 amide bonds. The van der Waals surface area contributed by atoms with Crippen molar-refractivity contribution >= 4 is 17.7 Å². The molecule has 1 aliphatic heterocycles. The number of carbonyl (C=O) groups is 2. The number of esters is 1. The molecule has 0 unspecified atom stereocenters. The second-order valence-electron chi connectivity index (χ2n) is 9.73. The zero-order chi connectivity index (χ0) is 23.3. The maximum absolute atomic E-state index is 12.9. The molecular weight excluding hydrogens is 402 g/mol. The van der Waals surface area contributed by atoms with E-state index in [1.807, 2.05) is 74.2 Å². The van der Waals surface area contributed by atoms with E-state index >= 15 is 0 Å². The Balaban J connectivity index is 1.51. The molecule has 1 aliphatic rings. The Morgan fingerprint density at radius 3 is 1.94 bits per heavy atom. The average Bonchev–Trinajstić information content (AvgIpc) is 2.77. The molecule has 6 heteroatoms. The molecule has 2 aromatic rings. The number of piperidine rings is 1. The van der Waals surface area contributed by atoms with Gasteiger partial charge in [-0.1, -0.05) is 57.2 Å². The summed E-state index contributed by atoms with van der Waals surface area (Å²) < 4.78 is 5.38. The Labute approximate surface area is 190 Å². The fraction of sp³-hybridized carbons (Fsp3) is 0.423. The normalized spacial score (nSPS) is 14.8. The summed E-state index contributed by atoms with van der Waals surface area (Å²) in [7, 11) is 0. The van der Waals surface area contributed by atoms with Crippen LogP contribution >= 0.6 is 0 Å². The van der Waals surface area contributed by atoms with Crippen molar-refractivity contribution in [2.75, 3.05) is 19.7 Å². The van der Waals surface area contributed by atoms with Crippen LogP contribution in [0.25, 0.3) is 11.1 Å². The third-order valence-electron chi connectivity index (χ3n) is 5.68. The second-order valence-corrected chi connectivity index (χ2v) is 9.73. The Morgan fingerprint density at radius 1 is 0.969 bits per heavy atom. The van der Waals surface area contributed by atoms with Crippen LogP contribution in [0.1, 0.15) is 56.0 Å². The molecule has 1 saturated heterocycles. The number of amides is 1. The predicted octanol–water partition coefficient (Wildman–Crippen LogP) is 4.47. The number of nitrogen functional groups attached to an aromatic ring is 1. The first-order valence-corrected chi connectivity index (χ1v) is 11.1. The Morgan fingerprint density at radius 2 is 1.47 bits per heavy atom. The number of nitrogens with one attached hydrogen (secondary N) is 1. The molecule has 3 rings (SSSR count). The van der Waals surface area contributed by atoms with Crippen LogP contribution in [0.15, 0.2) is 48.5 Å². The van der Waals surface area contributed by atoms with Crippen LogP contribution < -0.4 is 5.73 Å². The third-order valence-corrected chi connectivity index (χ3v) is 5.68. The van der Waals surface area contributed by atoms with E-state index < -0.39 is 0 Å². The maximum atomic E-state index is 12.9. The molecule has 2 aromatic carbocycles. The molecule has 32 heavy (non-hydrogen) atoms. The topological polar surface area (TPSA) is 96.5 Å². The van der Waals surface area contributed by atoms with Gasteiger partial charge < -0.3 is 15.4 Å². The largest absolute Gasteiger partial charge is 0.465 e. The van der Waals surface area contributed by atoms with Crippen LogP contribution in [-0.4, -0.2) is 42.3 Å². The summed E-state index contributed by atoms with van der Waals surface area (Å²) in [5, 5.41) is 7.48. The van der Waals surface area contributed by atoms with Gasteiger partial charge in [-0.25, -0.2) is 0 Å². The van der Waals surface area contributed by atoms with Gasteiger partial charge in [0.25, 0.3) is 5.91 Å². The summed E-state index contributed by atoms with van der Waals surface area (Å²) in [6.07, 6.45) is 2.06. The monoisotopic (exact) mass is 435 g/mol. The fourth-order valence-corrected chi connectivity index (χ4v) is 3.76. The SMILES string of the molecule is CC(C)(C)COC(=O)CC1CCN(C(=O)c2ccc(-c3ccc(C(=N)N)cc3)cc2)CC1. The highest BCUT2D eigenvalue weighted by Gasteiger charge is 2.26. The minimum absolute atomic E-state index is 0.0252. The van der Waals surface area contributed by atoms with Crippen molar-refractivity contribution in [1.82, 2.24) is 4.90 Å². The predicted molar refractivity (Wildman–Crippen MR) is 127 cm³/mol. The fourth-order valence-electron chi connectivity index (χ4n) is 3.76. The molecule has 0 atom stereocenters. The first-order chi connectivity index (χ1) is 15.1. The molecular formula is C26H33N3O3. The van der Waals surface area contributed by atoms with Gasteiger partial charge in [-0.3, -0.25) is 15.0 Å². The van der Waals surface area contributed by atoms with Crippen molar-refractivity contribution in [3.63, 3.8) is 0 Å². The molecule has 0 spiro atoms. The lowest BCUT2D eigenvalue weighted by Gasteiger charge is -2.32. The molecule has 170 valence electrons. The second kappa shape index (κ2) is 9.98. The van der Waals surface area contributed by atoms with Crippen molar-refractivity contribution in [3.05, 3.63) is 59.7 Å². The van der Waals surface area contributed by atoms with E-state index in [1.54, 1.807) is 0 Å². The minimum Gasteiger partial charge on any atom is -0.465 e. The summed E-state index contributed by atoms with van der Waals surface area (Å²) in [6, 6.07) is 15.1. The Hall–Kier alpha value is -3.15. The molecule has 0 aliphatic carbocycles. The molecule has 0 bridgehead atoms. The van der Waals surface area contributed by atoms with Crippen molar-refractivity contribution in [3.8, 4) is 11.1 Å². The number of rotatable bonds is 6. The molecule has 0 aromatic heterocycles. The van der Waals surface area contributed by atoms with Crippen molar-refractivity contribution in [2.24, 2.45) is 17.1 Å². The van der Waals surface area contributed by atoms with Gasteiger partial charge in [-0.2, -0.15) is 0 Å². The van der Waals surface area contributed by atoms with E-state index in [4.69, 9.17) is 15.9 Å². The highest BCUT2D eigenvalue weighted by Crippen LogP contribution is 2.25. The lowest BCUT2D eigenvalue weighted by Crippen LogP contribution is -2.39. The molecule has 1 heterocycles. The number of nitrogens with two attached hydrogens (primary N) is 1. The average molecular weight is 436 g/mol. The van der Waals surface area contributed by atoms with Crippen molar-refractivity contribution in [2.45, 2.75) is 40.0 Å². The smallest absolute Gasteiger partial charge is 0.306 e. The number of nitrogens with zero attached hydrogens (tertiary/aromatic N) is 1. The van der Waals surface area contributed by atoms with E-state index in [0.717, 1.165) is 24.0 Å². The number of hydrogen-bond acceptors (Lipinski definition) is 4. The van der Waals surface area contributed by atoms with Gasteiger partial charge in [0.05, 0.1) is 6.61 Å². The molecule has 6 nitrogen and oxygen atoms in total. The van der Waals surface area contributed by atoms with Crippen molar-refractivity contribution in [1.29, 1.82) is 5.41 Å². The van der Waals surface area contributed by atoms with Gasteiger partial charge in [0.15, 0.2) is 0 Å². The molecule has 1 fully saturated rings. The van der Waals surface area contributed by atoms with Gasteiger partial charge in [0, 0.05) is 30.6 Å². The number of hydrogen-bond donors (Lipinski definition) is 2. The highest BCUT2D eigenvalue weighted by atomic mass is 16.5. The quantitative estimate of drug-likeness (QED) is 0.397. The lowest BCUT2D eigenvalue weighted by molar-refractivity contribution is -0.147. The van der Waals surface area contributed by atoms with Gasteiger partial charge in [-0.05, 0) is 47.4 Å². The van der Waals surface area contributed by atoms with E-state index in [9.17, 15) is 9.59 Å². The van der Waals surface area contributed by atoms with Crippen molar-refractivity contribution < 1.29 is 14.3 Å². The number of benzene rings is 2. The maximum Gasteiger partial charge on any atom is 0.306 e. The number of amidine groups is 1. The molecule has 3 N–H and O–H groups in total.